The number of methoxy groups -OCH3 is 2. The van der Waals surface area contributed by atoms with Crippen molar-refractivity contribution in [2.24, 2.45) is 0 Å². The fraction of sp³-hybridized carbons (Fsp3) is 0.440. The molecule has 0 aliphatic heterocycles. The van der Waals surface area contributed by atoms with Gasteiger partial charge in [0.15, 0.2) is 0 Å². The number of carboxylic acid groups (broad SMARTS) is 1. The second-order valence-electron chi connectivity index (χ2n) is 7.48. The minimum absolute atomic E-state index is 0.0276. The first-order chi connectivity index (χ1) is 15.0. The Hall–Kier alpha value is -2.86. The summed E-state index contributed by atoms with van der Waals surface area (Å²) in [4.78, 5) is 23.4. The monoisotopic (exact) mass is 427 g/mol. The second kappa shape index (κ2) is 12.7. The Morgan fingerprint density at radius 2 is 1.74 bits per heavy atom. The Morgan fingerprint density at radius 3 is 2.35 bits per heavy atom. The lowest BCUT2D eigenvalue weighted by atomic mass is 9.93. The van der Waals surface area contributed by atoms with Crippen LogP contribution in [-0.4, -0.2) is 37.6 Å². The number of unbranched alkanes of at least 4 members (excludes halogenated alkanes) is 2. The van der Waals surface area contributed by atoms with E-state index in [0.29, 0.717) is 30.9 Å². The molecule has 2 aromatic rings. The van der Waals surface area contributed by atoms with Crippen LogP contribution < -0.4 is 14.8 Å². The first kappa shape index (κ1) is 24.4. The van der Waals surface area contributed by atoms with Crippen LogP contribution >= 0.6 is 0 Å². The van der Waals surface area contributed by atoms with Gasteiger partial charge in [0, 0.05) is 30.5 Å². The molecule has 31 heavy (non-hydrogen) atoms. The molecular formula is C25H33NO5. The van der Waals surface area contributed by atoms with Gasteiger partial charge in [-0.15, -0.1) is 0 Å². The highest BCUT2D eigenvalue weighted by molar-refractivity contribution is 5.80. The van der Waals surface area contributed by atoms with Crippen LogP contribution in [0.5, 0.6) is 11.5 Å². The summed E-state index contributed by atoms with van der Waals surface area (Å²) in [5.74, 6) is 0.503. The Bertz CT molecular complexity index is 864. The Morgan fingerprint density at radius 1 is 1.00 bits per heavy atom. The number of Topliss-reactive ketones (excluding diaryl/α,β-unsaturated/α-hetero) is 1. The number of ketones is 1. The van der Waals surface area contributed by atoms with Crippen molar-refractivity contribution in [1.82, 2.24) is 5.32 Å². The Kier molecular flexibility index (Phi) is 10.0. The Balaban J connectivity index is 2.38. The average molecular weight is 428 g/mol. The SMILES string of the molecule is CCCCCC(=O)CNCc1c(-c2ccccc2)cc(OC)c(CCC(=O)O)c1OC. The molecule has 0 spiro atoms. The standard InChI is InChI=1S/C25H33NO5/c1-4-5-7-12-19(27)16-26-17-22-21(18-10-8-6-9-11-18)15-23(30-2)20(25(22)31-3)13-14-24(28)29/h6,8-11,15,26H,4-5,7,12-14,16-17H2,1-3H3,(H,28,29). The third kappa shape index (κ3) is 7.10. The van der Waals surface area contributed by atoms with E-state index in [0.717, 1.165) is 41.5 Å². The molecule has 0 heterocycles. The van der Waals surface area contributed by atoms with Crippen LogP contribution in [0.15, 0.2) is 36.4 Å². The number of hydrogen-bond donors (Lipinski definition) is 2. The van der Waals surface area contributed by atoms with Gasteiger partial charge in [-0.1, -0.05) is 50.1 Å². The van der Waals surface area contributed by atoms with Gasteiger partial charge in [0.2, 0.25) is 0 Å². The van der Waals surface area contributed by atoms with Gasteiger partial charge in [0.25, 0.3) is 0 Å². The Labute approximate surface area is 184 Å². The lowest BCUT2D eigenvalue weighted by molar-refractivity contribution is -0.137. The highest BCUT2D eigenvalue weighted by atomic mass is 16.5. The molecule has 2 rings (SSSR count). The molecule has 0 saturated carbocycles. The van der Waals surface area contributed by atoms with Crippen molar-refractivity contribution in [3.8, 4) is 22.6 Å². The van der Waals surface area contributed by atoms with Gasteiger partial charge in [-0.05, 0) is 30.0 Å². The minimum Gasteiger partial charge on any atom is -0.496 e. The van der Waals surface area contributed by atoms with E-state index in [4.69, 9.17) is 14.6 Å². The van der Waals surface area contributed by atoms with E-state index in [1.54, 1.807) is 14.2 Å². The first-order valence-electron chi connectivity index (χ1n) is 10.8. The molecule has 0 fully saturated rings. The zero-order valence-corrected chi connectivity index (χ0v) is 18.7. The molecule has 0 aliphatic rings. The van der Waals surface area contributed by atoms with Crippen LogP contribution in [0, 0.1) is 0 Å². The summed E-state index contributed by atoms with van der Waals surface area (Å²) in [5.41, 5.74) is 3.53. The summed E-state index contributed by atoms with van der Waals surface area (Å²) in [6.45, 7) is 2.83. The molecule has 0 amide bonds. The zero-order valence-electron chi connectivity index (χ0n) is 18.7. The van der Waals surface area contributed by atoms with Crippen molar-refractivity contribution in [1.29, 1.82) is 0 Å². The van der Waals surface area contributed by atoms with Crippen molar-refractivity contribution < 1.29 is 24.2 Å². The fourth-order valence-corrected chi connectivity index (χ4v) is 3.66. The normalized spacial score (nSPS) is 10.7. The van der Waals surface area contributed by atoms with Gasteiger partial charge in [-0.3, -0.25) is 9.59 Å². The summed E-state index contributed by atoms with van der Waals surface area (Å²) in [6, 6.07) is 11.8. The number of carboxylic acids is 1. The molecule has 0 aromatic heterocycles. The van der Waals surface area contributed by atoms with E-state index >= 15 is 0 Å². The summed E-state index contributed by atoms with van der Waals surface area (Å²) in [5, 5.41) is 12.4. The third-order valence-electron chi connectivity index (χ3n) is 5.23. The summed E-state index contributed by atoms with van der Waals surface area (Å²) < 4.78 is 11.3. The molecule has 0 unspecified atom stereocenters. The molecule has 2 N–H and O–H groups in total. The quantitative estimate of drug-likeness (QED) is 0.428. The first-order valence-corrected chi connectivity index (χ1v) is 10.8. The summed E-state index contributed by atoms with van der Waals surface area (Å²) in [6.07, 6.45) is 3.90. The van der Waals surface area contributed by atoms with Gasteiger partial charge in [-0.25, -0.2) is 0 Å². The highest BCUT2D eigenvalue weighted by Crippen LogP contribution is 2.40. The van der Waals surface area contributed by atoms with E-state index in [9.17, 15) is 9.59 Å². The van der Waals surface area contributed by atoms with Crippen LogP contribution in [0.25, 0.3) is 11.1 Å². The molecule has 0 radical (unpaired) electrons. The van der Waals surface area contributed by atoms with Gasteiger partial charge in [-0.2, -0.15) is 0 Å². The smallest absolute Gasteiger partial charge is 0.303 e. The van der Waals surface area contributed by atoms with Crippen molar-refractivity contribution in [3.05, 3.63) is 47.5 Å². The van der Waals surface area contributed by atoms with E-state index in [-0.39, 0.29) is 18.7 Å². The van der Waals surface area contributed by atoms with Crippen molar-refractivity contribution in [3.63, 3.8) is 0 Å². The van der Waals surface area contributed by atoms with E-state index in [1.165, 1.54) is 0 Å². The molecule has 168 valence electrons. The van der Waals surface area contributed by atoms with Crippen LogP contribution in [0.3, 0.4) is 0 Å². The lowest BCUT2D eigenvalue weighted by Crippen LogP contribution is -2.23. The number of aliphatic carboxylic acids is 1. The van der Waals surface area contributed by atoms with Crippen LogP contribution in [0.4, 0.5) is 0 Å². The third-order valence-corrected chi connectivity index (χ3v) is 5.23. The predicted molar refractivity (Wildman–Crippen MR) is 122 cm³/mol. The maximum Gasteiger partial charge on any atom is 0.303 e. The largest absolute Gasteiger partial charge is 0.496 e. The van der Waals surface area contributed by atoms with Gasteiger partial charge < -0.3 is 19.9 Å². The number of hydrogen-bond acceptors (Lipinski definition) is 5. The zero-order chi connectivity index (χ0) is 22.6. The predicted octanol–water partition coefficient (Wildman–Crippen LogP) is 4.63. The minimum atomic E-state index is -0.881. The van der Waals surface area contributed by atoms with E-state index < -0.39 is 5.97 Å². The molecule has 6 nitrogen and oxygen atoms in total. The maximum atomic E-state index is 12.2. The molecule has 6 heteroatoms. The average Bonchev–Trinajstić information content (AvgIpc) is 2.78. The van der Waals surface area contributed by atoms with Crippen molar-refractivity contribution in [2.45, 2.75) is 52.0 Å². The topological polar surface area (TPSA) is 84.9 Å². The van der Waals surface area contributed by atoms with E-state index in [1.807, 2.05) is 36.4 Å². The highest BCUT2D eigenvalue weighted by Gasteiger charge is 2.21. The fourth-order valence-electron chi connectivity index (χ4n) is 3.66. The molecule has 0 atom stereocenters. The number of nitrogens with one attached hydrogen (secondary N) is 1. The van der Waals surface area contributed by atoms with Crippen LogP contribution in [-0.2, 0) is 22.6 Å². The molecule has 0 saturated heterocycles. The number of ether oxygens (including phenoxy) is 2. The van der Waals surface area contributed by atoms with Gasteiger partial charge in [0.1, 0.15) is 17.3 Å². The maximum absolute atomic E-state index is 12.2. The summed E-state index contributed by atoms with van der Waals surface area (Å²) in [7, 11) is 3.15. The van der Waals surface area contributed by atoms with E-state index in [2.05, 4.69) is 12.2 Å². The second-order valence-corrected chi connectivity index (χ2v) is 7.48. The molecule has 0 bridgehead atoms. The molecule has 0 aliphatic carbocycles. The van der Waals surface area contributed by atoms with Crippen molar-refractivity contribution in [2.75, 3.05) is 20.8 Å². The number of carbonyl (C=O) groups is 2. The lowest BCUT2D eigenvalue weighted by Gasteiger charge is -2.21. The molecule has 2 aromatic carbocycles. The van der Waals surface area contributed by atoms with Gasteiger partial charge >= 0.3 is 5.97 Å². The van der Waals surface area contributed by atoms with Crippen LogP contribution in [0.1, 0.15) is 50.2 Å². The summed E-state index contributed by atoms with van der Waals surface area (Å²) >= 11 is 0. The molecular weight excluding hydrogens is 394 g/mol. The van der Waals surface area contributed by atoms with Crippen molar-refractivity contribution >= 4 is 11.8 Å². The number of benzene rings is 2. The van der Waals surface area contributed by atoms with Crippen LogP contribution in [0.2, 0.25) is 0 Å². The number of rotatable bonds is 14. The number of carbonyl (C=O) groups excluding carboxylic acids is 1. The van der Waals surface area contributed by atoms with Gasteiger partial charge in [0.05, 0.1) is 20.8 Å².